The number of amides is 1. The number of nitrogens with zero attached hydrogens (tertiary/aromatic N) is 5. The standard InChI is InChI=1S/C24H33ClN6O2S/c1-34-27-21-5-9-31(26-21)23(32)29-13-11-28(12-14-29)17-19-3-2-4-20(25)22(19)30-10-6-24(18-30)7-15-33-16-8-24/h2-5,9H,6-8,10-18H2,1H3,(H,26,27). The number of nitrogens with one attached hydrogen (secondary N) is 1. The molecule has 0 atom stereocenters. The van der Waals surface area contributed by atoms with Crippen LogP contribution in [0.3, 0.4) is 0 Å². The number of hydrogen-bond donors (Lipinski definition) is 1. The van der Waals surface area contributed by atoms with E-state index in [1.54, 1.807) is 6.20 Å². The second kappa shape index (κ2) is 10.4. The van der Waals surface area contributed by atoms with Gasteiger partial charge in [0, 0.05) is 77.5 Å². The van der Waals surface area contributed by atoms with Gasteiger partial charge in [-0.3, -0.25) is 4.90 Å². The Kier molecular flexibility index (Phi) is 7.24. The fourth-order valence-electron chi connectivity index (χ4n) is 5.45. The minimum absolute atomic E-state index is 0.0731. The first-order valence-electron chi connectivity index (χ1n) is 12.0. The molecular weight excluding hydrogens is 472 g/mol. The van der Waals surface area contributed by atoms with Crippen LogP contribution >= 0.6 is 23.5 Å². The van der Waals surface area contributed by atoms with Crippen LogP contribution in [0, 0.1) is 5.41 Å². The molecule has 184 valence electrons. The smallest absolute Gasteiger partial charge is 0.344 e. The van der Waals surface area contributed by atoms with Crippen molar-refractivity contribution in [2.45, 2.75) is 25.8 Å². The lowest BCUT2D eigenvalue weighted by molar-refractivity contribution is 0.0254. The summed E-state index contributed by atoms with van der Waals surface area (Å²) in [5.74, 6) is 0.692. The Morgan fingerprint density at radius 3 is 2.71 bits per heavy atom. The molecule has 3 fully saturated rings. The third-order valence-electron chi connectivity index (χ3n) is 7.41. The molecule has 1 amide bonds. The topological polar surface area (TPSA) is 65.9 Å². The van der Waals surface area contributed by atoms with Crippen molar-refractivity contribution in [1.29, 1.82) is 0 Å². The highest BCUT2D eigenvalue weighted by Gasteiger charge is 2.40. The molecule has 2 aromatic rings. The van der Waals surface area contributed by atoms with Crippen LogP contribution in [0.4, 0.5) is 16.3 Å². The van der Waals surface area contributed by atoms with Crippen molar-refractivity contribution < 1.29 is 9.53 Å². The number of anilines is 2. The normalized spacial score (nSPS) is 20.8. The van der Waals surface area contributed by atoms with Crippen LogP contribution in [0.15, 0.2) is 30.5 Å². The molecule has 0 radical (unpaired) electrons. The number of aromatic nitrogens is 2. The Balaban J connectivity index is 1.21. The van der Waals surface area contributed by atoms with E-state index in [2.05, 4.69) is 31.8 Å². The summed E-state index contributed by atoms with van der Waals surface area (Å²) in [5, 5.41) is 5.15. The summed E-state index contributed by atoms with van der Waals surface area (Å²) in [6.07, 6.45) is 7.14. The molecule has 0 aliphatic carbocycles. The monoisotopic (exact) mass is 504 g/mol. The number of carbonyl (C=O) groups is 1. The number of rotatable bonds is 5. The molecule has 1 spiro atoms. The number of halogens is 1. The van der Waals surface area contributed by atoms with E-state index in [4.69, 9.17) is 16.3 Å². The Bertz CT molecular complexity index is 1000. The van der Waals surface area contributed by atoms with E-state index in [1.165, 1.54) is 34.3 Å². The zero-order valence-corrected chi connectivity index (χ0v) is 21.3. The number of para-hydroxylation sites is 1. The Morgan fingerprint density at radius 1 is 1.15 bits per heavy atom. The van der Waals surface area contributed by atoms with Gasteiger partial charge in [0.1, 0.15) is 0 Å². The van der Waals surface area contributed by atoms with Crippen molar-refractivity contribution in [2.24, 2.45) is 5.41 Å². The van der Waals surface area contributed by atoms with Gasteiger partial charge in [0.15, 0.2) is 5.82 Å². The Morgan fingerprint density at radius 2 is 1.94 bits per heavy atom. The average Bonchev–Trinajstić information content (AvgIpc) is 3.48. The van der Waals surface area contributed by atoms with Gasteiger partial charge in [-0.15, -0.1) is 5.10 Å². The van der Waals surface area contributed by atoms with Gasteiger partial charge < -0.3 is 19.3 Å². The van der Waals surface area contributed by atoms with E-state index in [9.17, 15) is 4.79 Å². The van der Waals surface area contributed by atoms with Gasteiger partial charge in [0.2, 0.25) is 0 Å². The van der Waals surface area contributed by atoms with Gasteiger partial charge in [-0.1, -0.05) is 35.7 Å². The molecule has 1 N–H and O–H groups in total. The predicted molar refractivity (Wildman–Crippen MR) is 138 cm³/mol. The summed E-state index contributed by atoms with van der Waals surface area (Å²) < 4.78 is 10.1. The van der Waals surface area contributed by atoms with Crippen LogP contribution < -0.4 is 9.62 Å². The molecule has 0 unspecified atom stereocenters. The summed E-state index contributed by atoms with van der Waals surface area (Å²) in [7, 11) is 0. The Labute approximate surface area is 210 Å². The molecule has 8 nitrogen and oxygen atoms in total. The van der Waals surface area contributed by atoms with Crippen LogP contribution in [0.1, 0.15) is 24.8 Å². The van der Waals surface area contributed by atoms with Crippen LogP contribution in [0.2, 0.25) is 5.02 Å². The molecule has 0 bridgehead atoms. The lowest BCUT2D eigenvalue weighted by Crippen LogP contribution is -2.49. The van der Waals surface area contributed by atoms with Crippen molar-refractivity contribution >= 4 is 41.1 Å². The van der Waals surface area contributed by atoms with Crippen molar-refractivity contribution in [1.82, 2.24) is 19.6 Å². The van der Waals surface area contributed by atoms with Gasteiger partial charge in [0.25, 0.3) is 0 Å². The molecule has 4 heterocycles. The molecule has 34 heavy (non-hydrogen) atoms. The zero-order chi connectivity index (χ0) is 23.5. The largest absolute Gasteiger partial charge is 0.381 e. The quantitative estimate of drug-likeness (QED) is 0.617. The maximum absolute atomic E-state index is 12.8. The summed E-state index contributed by atoms with van der Waals surface area (Å²) in [6.45, 7) is 7.74. The van der Waals surface area contributed by atoms with Crippen LogP contribution in [-0.2, 0) is 11.3 Å². The van der Waals surface area contributed by atoms with E-state index < -0.39 is 0 Å². The molecule has 3 aliphatic heterocycles. The highest BCUT2D eigenvalue weighted by atomic mass is 35.5. The van der Waals surface area contributed by atoms with Crippen LogP contribution in [0.25, 0.3) is 0 Å². The number of hydrogen-bond acceptors (Lipinski definition) is 7. The molecule has 3 saturated heterocycles. The molecule has 1 aromatic carbocycles. The molecular formula is C24H33ClN6O2S. The second-order valence-corrected chi connectivity index (χ2v) is 10.5. The van der Waals surface area contributed by atoms with Crippen LogP contribution in [0.5, 0.6) is 0 Å². The van der Waals surface area contributed by atoms with Crippen molar-refractivity contribution in [3.8, 4) is 0 Å². The number of piperazine rings is 1. The first kappa shape index (κ1) is 23.8. The molecule has 10 heteroatoms. The number of carbonyl (C=O) groups excluding carboxylic acids is 1. The van der Waals surface area contributed by atoms with E-state index in [0.717, 1.165) is 63.8 Å². The third-order valence-corrected chi connectivity index (χ3v) is 8.13. The summed E-state index contributed by atoms with van der Waals surface area (Å²) in [6, 6.07) is 8.01. The fourth-order valence-corrected chi connectivity index (χ4v) is 6.08. The average molecular weight is 505 g/mol. The highest BCUT2D eigenvalue weighted by Crippen LogP contribution is 2.44. The molecule has 3 aliphatic rings. The van der Waals surface area contributed by atoms with E-state index >= 15 is 0 Å². The maximum Gasteiger partial charge on any atom is 0.344 e. The Hall–Kier alpha value is -1.94. The predicted octanol–water partition coefficient (Wildman–Crippen LogP) is 4.02. The van der Waals surface area contributed by atoms with Gasteiger partial charge in [-0.25, -0.2) is 4.79 Å². The third kappa shape index (κ3) is 5.03. The van der Waals surface area contributed by atoms with Crippen LogP contribution in [-0.4, -0.2) is 84.3 Å². The maximum atomic E-state index is 12.8. The second-order valence-electron chi connectivity index (χ2n) is 9.53. The van der Waals surface area contributed by atoms with Gasteiger partial charge in [-0.05, 0) is 36.3 Å². The van der Waals surface area contributed by atoms with Gasteiger partial charge in [-0.2, -0.15) is 4.68 Å². The van der Waals surface area contributed by atoms with E-state index in [1.807, 2.05) is 23.3 Å². The SMILES string of the molecule is CSNc1ccn(C(=O)N2CCN(Cc3cccc(Cl)c3N3CCC4(CCOCC4)C3)CC2)n1. The van der Waals surface area contributed by atoms with Crippen molar-refractivity contribution in [3.63, 3.8) is 0 Å². The van der Waals surface area contributed by atoms with Crippen molar-refractivity contribution in [2.75, 3.05) is 68.4 Å². The minimum Gasteiger partial charge on any atom is -0.381 e. The summed E-state index contributed by atoms with van der Waals surface area (Å²) in [5.41, 5.74) is 2.84. The first-order chi connectivity index (χ1) is 16.6. The molecule has 5 rings (SSSR count). The van der Waals surface area contributed by atoms with Crippen molar-refractivity contribution in [3.05, 3.63) is 41.0 Å². The fraction of sp³-hybridized carbons (Fsp3) is 0.583. The number of benzene rings is 1. The van der Waals surface area contributed by atoms with Gasteiger partial charge >= 0.3 is 6.03 Å². The van der Waals surface area contributed by atoms with E-state index in [-0.39, 0.29) is 6.03 Å². The summed E-state index contributed by atoms with van der Waals surface area (Å²) in [4.78, 5) is 19.6. The lowest BCUT2D eigenvalue weighted by atomic mass is 9.80. The minimum atomic E-state index is -0.0731. The lowest BCUT2D eigenvalue weighted by Gasteiger charge is -2.36. The highest BCUT2D eigenvalue weighted by molar-refractivity contribution is 7.99. The molecule has 1 aromatic heterocycles. The van der Waals surface area contributed by atoms with Gasteiger partial charge in [0.05, 0.1) is 10.7 Å². The first-order valence-corrected chi connectivity index (χ1v) is 13.6. The zero-order valence-electron chi connectivity index (χ0n) is 19.7. The van der Waals surface area contributed by atoms with E-state index in [0.29, 0.717) is 24.3 Å². The number of ether oxygens (including phenoxy) is 1. The summed E-state index contributed by atoms with van der Waals surface area (Å²) >= 11 is 8.22. The molecule has 0 saturated carbocycles.